The summed E-state index contributed by atoms with van der Waals surface area (Å²) >= 11 is 1.89. The van der Waals surface area contributed by atoms with Crippen molar-refractivity contribution in [3.63, 3.8) is 0 Å². The second kappa shape index (κ2) is 8.50. The van der Waals surface area contributed by atoms with Crippen LogP contribution < -0.4 is 0 Å². The normalized spacial score (nSPS) is 12.4. The molecule has 0 saturated carbocycles. The molecule has 11 rings (SSSR count). The van der Waals surface area contributed by atoms with Crippen molar-refractivity contribution >= 4 is 102 Å². The predicted molar refractivity (Wildman–Crippen MR) is 193 cm³/mol. The summed E-state index contributed by atoms with van der Waals surface area (Å²) in [6.45, 7) is 0. The molecule has 0 atom stereocenters. The molecule has 208 valence electrons. The van der Waals surface area contributed by atoms with Gasteiger partial charge in [0.15, 0.2) is 0 Å². The molecule has 0 N–H and O–H groups in total. The molecule has 3 heteroatoms. The third-order valence-corrected chi connectivity index (χ3v) is 10.9. The highest BCUT2D eigenvalue weighted by Crippen LogP contribution is 2.45. The maximum absolute atomic E-state index is 6.47. The van der Waals surface area contributed by atoms with Gasteiger partial charge in [0, 0.05) is 58.1 Å². The van der Waals surface area contributed by atoms with E-state index < -0.39 is 0 Å². The molecule has 4 heterocycles. The van der Waals surface area contributed by atoms with Crippen LogP contribution >= 0.6 is 11.3 Å². The van der Waals surface area contributed by atoms with Crippen molar-refractivity contribution in [2.24, 2.45) is 0 Å². The second-order valence-corrected chi connectivity index (χ2v) is 13.1. The highest BCUT2D eigenvalue weighted by atomic mass is 32.1. The Labute approximate surface area is 260 Å². The maximum Gasteiger partial charge on any atom is 0.143 e. The minimum atomic E-state index is 0.922. The molecule has 2 nitrogen and oxygen atoms in total. The van der Waals surface area contributed by atoms with Gasteiger partial charge in [-0.3, -0.25) is 0 Å². The first-order valence-corrected chi connectivity index (χ1v) is 16.2. The van der Waals surface area contributed by atoms with Crippen LogP contribution in [0.25, 0.3) is 102 Å². The standard InChI is InChI=1S/C42H23NOS/c1-3-17-34-26(9-1)28-12-7-19-37-39(28)40-29(13-8-20-38(40)45-37)30-14-6-15-31-33-23-24(21-22-35(33)43(34)41(30)31)25-11-5-16-32-27-10-2-4-18-36(27)44-42(25)32/h1-23H. The van der Waals surface area contributed by atoms with Gasteiger partial charge in [0.25, 0.3) is 0 Å². The molecule has 0 fully saturated rings. The number of benzene rings is 7. The summed E-state index contributed by atoms with van der Waals surface area (Å²) in [7, 11) is 0. The largest absolute Gasteiger partial charge is 0.455 e. The van der Waals surface area contributed by atoms with Gasteiger partial charge in [-0.15, -0.1) is 11.3 Å². The van der Waals surface area contributed by atoms with E-state index in [9.17, 15) is 0 Å². The van der Waals surface area contributed by atoms with E-state index in [1.54, 1.807) is 0 Å². The monoisotopic (exact) mass is 589 g/mol. The molecule has 7 aromatic carbocycles. The van der Waals surface area contributed by atoms with Gasteiger partial charge in [0.1, 0.15) is 11.2 Å². The van der Waals surface area contributed by atoms with Crippen molar-refractivity contribution in [2.45, 2.75) is 0 Å². The molecular weight excluding hydrogens is 567 g/mol. The number of nitrogens with zero attached hydrogens (tertiary/aromatic N) is 1. The summed E-state index contributed by atoms with van der Waals surface area (Å²) in [6, 6.07) is 51.1. The number of hydrogen-bond acceptors (Lipinski definition) is 2. The number of rotatable bonds is 1. The van der Waals surface area contributed by atoms with Crippen molar-refractivity contribution in [1.29, 1.82) is 0 Å². The quantitative estimate of drug-likeness (QED) is 0.186. The summed E-state index contributed by atoms with van der Waals surface area (Å²) in [5.74, 6) is 0. The molecular formula is C42H23NOS. The van der Waals surface area contributed by atoms with Crippen molar-refractivity contribution in [1.82, 2.24) is 4.40 Å². The highest BCUT2D eigenvalue weighted by molar-refractivity contribution is 7.26. The fourth-order valence-corrected chi connectivity index (χ4v) is 9.05. The molecule has 0 aliphatic rings. The predicted octanol–water partition coefficient (Wildman–Crippen LogP) is 12.5. The van der Waals surface area contributed by atoms with E-state index in [1.807, 2.05) is 17.4 Å². The average Bonchev–Trinajstić information content (AvgIpc) is 3.77. The zero-order valence-electron chi connectivity index (χ0n) is 24.0. The molecule has 0 aliphatic heterocycles. The Morgan fingerprint density at radius 3 is 1.89 bits per heavy atom. The lowest BCUT2D eigenvalue weighted by Crippen LogP contribution is -1.86. The van der Waals surface area contributed by atoms with Gasteiger partial charge >= 0.3 is 0 Å². The van der Waals surface area contributed by atoms with Gasteiger partial charge in [-0.25, -0.2) is 0 Å². The molecule has 0 radical (unpaired) electrons. The third-order valence-electron chi connectivity index (χ3n) is 9.75. The fraction of sp³-hybridized carbons (Fsp3) is 0. The van der Waals surface area contributed by atoms with Crippen LogP contribution in [0.15, 0.2) is 144 Å². The second-order valence-electron chi connectivity index (χ2n) is 12.0. The average molecular weight is 590 g/mol. The molecule has 4 aromatic heterocycles. The van der Waals surface area contributed by atoms with Crippen molar-refractivity contribution in [3.8, 4) is 11.1 Å². The number of para-hydroxylation sites is 4. The zero-order chi connectivity index (χ0) is 29.2. The van der Waals surface area contributed by atoms with E-state index >= 15 is 0 Å². The van der Waals surface area contributed by atoms with Gasteiger partial charge in [-0.05, 0) is 52.7 Å². The van der Waals surface area contributed by atoms with Crippen LogP contribution in [0.3, 0.4) is 0 Å². The van der Waals surface area contributed by atoms with Crippen LogP contribution in [0.5, 0.6) is 0 Å². The SMILES string of the molecule is c1ccc2c(c1)oc1c(-c3ccc4c(c3)c3cccc5c6cccc7sc8cccc(c9ccccc9n4c53)c8c76)cccc12. The smallest absolute Gasteiger partial charge is 0.143 e. The number of furan rings is 1. The topological polar surface area (TPSA) is 17.6 Å². The molecule has 0 saturated heterocycles. The molecule has 0 unspecified atom stereocenters. The lowest BCUT2D eigenvalue weighted by Gasteiger charge is -2.06. The Morgan fingerprint density at radius 2 is 1.04 bits per heavy atom. The first-order valence-electron chi connectivity index (χ1n) is 15.4. The van der Waals surface area contributed by atoms with E-state index in [-0.39, 0.29) is 0 Å². The fourth-order valence-electron chi connectivity index (χ4n) is 7.89. The van der Waals surface area contributed by atoms with E-state index in [2.05, 4.69) is 138 Å². The van der Waals surface area contributed by atoms with Crippen molar-refractivity contribution < 1.29 is 4.42 Å². The minimum Gasteiger partial charge on any atom is -0.455 e. The highest BCUT2D eigenvalue weighted by Gasteiger charge is 2.19. The number of fused-ring (bicyclic) bond motifs is 10. The summed E-state index contributed by atoms with van der Waals surface area (Å²) < 4.78 is 11.6. The van der Waals surface area contributed by atoms with Crippen LogP contribution in [-0.4, -0.2) is 4.40 Å². The van der Waals surface area contributed by atoms with Crippen LogP contribution in [0.2, 0.25) is 0 Å². The van der Waals surface area contributed by atoms with E-state index in [1.165, 1.54) is 69.0 Å². The molecule has 0 aliphatic carbocycles. The molecule has 0 spiro atoms. The summed E-state index contributed by atoms with van der Waals surface area (Å²) in [4.78, 5) is 0. The van der Waals surface area contributed by atoms with Crippen molar-refractivity contribution in [2.75, 3.05) is 0 Å². The Bertz CT molecular complexity index is 3040. The Kier molecular flexibility index (Phi) is 4.49. The van der Waals surface area contributed by atoms with E-state index in [0.29, 0.717) is 0 Å². The molecule has 0 amide bonds. The molecule has 0 bridgehead atoms. The zero-order valence-corrected chi connectivity index (χ0v) is 24.9. The molecule has 11 aromatic rings. The maximum atomic E-state index is 6.47. The number of thiophene rings is 1. The van der Waals surface area contributed by atoms with Crippen molar-refractivity contribution in [3.05, 3.63) is 140 Å². The molecule has 45 heavy (non-hydrogen) atoms. The van der Waals surface area contributed by atoms with Gasteiger partial charge in [0.05, 0.1) is 16.6 Å². The van der Waals surface area contributed by atoms with Gasteiger partial charge < -0.3 is 8.82 Å². The Morgan fingerprint density at radius 1 is 0.444 bits per heavy atom. The Hall–Kier alpha value is -5.64. The van der Waals surface area contributed by atoms with Gasteiger partial charge in [-0.1, -0.05) is 103 Å². The summed E-state index contributed by atoms with van der Waals surface area (Å²) in [6.07, 6.45) is 0. The lowest BCUT2D eigenvalue weighted by molar-refractivity contribution is 0.670. The first-order chi connectivity index (χ1) is 22.3. The number of hydrogen-bond donors (Lipinski definition) is 0. The minimum absolute atomic E-state index is 0.922. The summed E-state index contributed by atoms with van der Waals surface area (Å²) in [5.41, 5.74) is 7.79. The summed E-state index contributed by atoms with van der Waals surface area (Å²) in [5, 5.41) is 12.6. The van der Waals surface area contributed by atoms with Crippen LogP contribution in [-0.2, 0) is 0 Å². The van der Waals surface area contributed by atoms with E-state index in [0.717, 1.165) is 33.1 Å². The Balaban J connectivity index is 1.37. The number of aromatic nitrogens is 1. The van der Waals surface area contributed by atoms with Crippen LogP contribution in [0, 0.1) is 0 Å². The van der Waals surface area contributed by atoms with Gasteiger partial charge in [0.2, 0.25) is 0 Å². The lowest BCUT2D eigenvalue weighted by atomic mass is 9.99. The van der Waals surface area contributed by atoms with E-state index in [4.69, 9.17) is 4.42 Å². The van der Waals surface area contributed by atoms with Crippen LogP contribution in [0.1, 0.15) is 0 Å². The third kappa shape index (κ3) is 3.03. The van der Waals surface area contributed by atoms with Crippen LogP contribution in [0.4, 0.5) is 0 Å². The first kappa shape index (κ1) is 23.8. The van der Waals surface area contributed by atoms with Gasteiger partial charge in [-0.2, -0.15) is 0 Å².